The molecular formula is C16H22FN6O7P. The summed E-state index contributed by atoms with van der Waals surface area (Å²) in [6.45, 7) is 1.65. The summed E-state index contributed by atoms with van der Waals surface area (Å²) in [5, 5.41) is 0. The average molecular weight is 460 g/mol. The maximum absolute atomic E-state index is 15.3. The van der Waals surface area contributed by atoms with Crippen LogP contribution >= 0.6 is 7.75 Å². The lowest BCUT2D eigenvalue weighted by molar-refractivity contribution is -0.152. The third-order valence-electron chi connectivity index (χ3n) is 4.98. The number of nitrogen functional groups attached to an aromatic ring is 1. The van der Waals surface area contributed by atoms with E-state index < -0.39 is 44.9 Å². The lowest BCUT2D eigenvalue weighted by atomic mass is 10.1. The van der Waals surface area contributed by atoms with Gasteiger partial charge in [0, 0.05) is 20.0 Å². The molecule has 5 unspecified atom stereocenters. The largest absolute Gasteiger partial charge is 0.456 e. The molecule has 13 nitrogen and oxygen atoms in total. The minimum atomic E-state index is -4.17. The zero-order chi connectivity index (χ0) is 22.2. The first-order valence-corrected chi connectivity index (χ1v) is 11.0. The molecule has 3 N–H and O–H groups in total. The lowest BCUT2D eigenvalue weighted by Crippen LogP contribution is -2.38. The molecule has 31 heavy (non-hydrogen) atoms. The summed E-state index contributed by atoms with van der Waals surface area (Å²) < 4.78 is 51.6. The Kier molecular flexibility index (Phi) is 6.19. The Morgan fingerprint density at radius 3 is 2.84 bits per heavy atom. The van der Waals surface area contributed by atoms with Crippen LogP contribution < -0.4 is 5.73 Å². The van der Waals surface area contributed by atoms with E-state index in [-0.39, 0.29) is 43.3 Å². The number of alkyl halides is 1. The van der Waals surface area contributed by atoms with Crippen LogP contribution in [0.4, 0.5) is 10.2 Å². The molecule has 2 saturated heterocycles. The Hall–Kier alpha value is -2.22. The van der Waals surface area contributed by atoms with Gasteiger partial charge in [0.1, 0.15) is 17.9 Å². The van der Waals surface area contributed by atoms with Gasteiger partial charge < -0.3 is 24.8 Å². The summed E-state index contributed by atoms with van der Waals surface area (Å²) in [4.78, 5) is 33.7. The molecule has 0 saturated carbocycles. The first-order chi connectivity index (χ1) is 14.8. The summed E-state index contributed by atoms with van der Waals surface area (Å²) in [7, 11) is -4.17. The number of aromatic nitrogens is 4. The van der Waals surface area contributed by atoms with Gasteiger partial charge in [-0.15, -0.1) is 0 Å². The van der Waals surface area contributed by atoms with Crippen molar-refractivity contribution in [1.29, 1.82) is 0 Å². The molecule has 0 aromatic carbocycles. The van der Waals surface area contributed by atoms with E-state index >= 15 is 4.39 Å². The number of nitrogens with two attached hydrogens (primary N) is 1. The fraction of sp³-hybridized carbons (Fsp3) is 0.625. The topological polar surface area (TPSA) is 164 Å². The van der Waals surface area contributed by atoms with Crippen LogP contribution in [0.15, 0.2) is 12.7 Å². The number of morpholine rings is 1. The SMILES string of the molecule is CC(=O)OC1C(COP(=O)(O)N2CCOCC2)OC(n2cnc3c(N)ncnc32)C1F. The molecule has 0 radical (unpaired) electrons. The van der Waals surface area contributed by atoms with Crippen LogP contribution in [0.1, 0.15) is 13.2 Å². The second-order valence-electron chi connectivity index (χ2n) is 7.02. The smallest absolute Gasteiger partial charge is 0.405 e. The van der Waals surface area contributed by atoms with E-state index in [2.05, 4.69) is 15.0 Å². The Balaban J connectivity index is 1.54. The van der Waals surface area contributed by atoms with Crippen LogP contribution in [0.2, 0.25) is 0 Å². The number of hydrogen-bond acceptors (Lipinski definition) is 10. The van der Waals surface area contributed by atoms with Crippen molar-refractivity contribution >= 4 is 30.7 Å². The highest BCUT2D eigenvalue weighted by molar-refractivity contribution is 7.50. The Morgan fingerprint density at radius 2 is 2.13 bits per heavy atom. The molecule has 0 amide bonds. The highest BCUT2D eigenvalue weighted by Crippen LogP contribution is 2.47. The van der Waals surface area contributed by atoms with E-state index in [1.165, 1.54) is 21.9 Å². The van der Waals surface area contributed by atoms with E-state index in [1.807, 2.05) is 0 Å². The van der Waals surface area contributed by atoms with Gasteiger partial charge in [-0.05, 0) is 0 Å². The van der Waals surface area contributed by atoms with Crippen molar-refractivity contribution in [3.05, 3.63) is 12.7 Å². The predicted octanol–water partition coefficient (Wildman–Crippen LogP) is 0.0249. The monoisotopic (exact) mass is 460 g/mol. The number of imidazole rings is 1. The molecule has 4 rings (SSSR count). The van der Waals surface area contributed by atoms with Gasteiger partial charge in [-0.1, -0.05) is 0 Å². The quantitative estimate of drug-likeness (QED) is 0.439. The van der Waals surface area contributed by atoms with Crippen LogP contribution in [0.5, 0.6) is 0 Å². The van der Waals surface area contributed by atoms with Gasteiger partial charge in [0.2, 0.25) is 0 Å². The van der Waals surface area contributed by atoms with Crippen molar-refractivity contribution < 1.29 is 37.4 Å². The highest BCUT2D eigenvalue weighted by atomic mass is 31.2. The number of fused-ring (bicyclic) bond motifs is 1. The van der Waals surface area contributed by atoms with Crippen LogP contribution in [-0.4, -0.2) is 86.3 Å². The zero-order valence-corrected chi connectivity index (χ0v) is 17.4. The summed E-state index contributed by atoms with van der Waals surface area (Å²) in [5.41, 5.74) is 6.25. The lowest BCUT2D eigenvalue weighted by Gasteiger charge is -2.30. The van der Waals surface area contributed by atoms with Gasteiger partial charge >= 0.3 is 13.7 Å². The molecule has 2 aromatic heterocycles. The predicted molar refractivity (Wildman–Crippen MR) is 102 cm³/mol. The summed E-state index contributed by atoms with van der Waals surface area (Å²) in [5.74, 6) is -0.621. The highest BCUT2D eigenvalue weighted by Gasteiger charge is 2.50. The minimum absolute atomic E-state index is 0.111. The van der Waals surface area contributed by atoms with Crippen molar-refractivity contribution in [3.63, 3.8) is 0 Å². The summed E-state index contributed by atoms with van der Waals surface area (Å²) >= 11 is 0. The van der Waals surface area contributed by atoms with Gasteiger partial charge in [0.15, 0.2) is 30.0 Å². The van der Waals surface area contributed by atoms with E-state index in [0.29, 0.717) is 0 Å². The second-order valence-corrected chi connectivity index (χ2v) is 8.82. The van der Waals surface area contributed by atoms with Gasteiger partial charge in [-0.3, -0.25) is 13.9 Å². The van der Waals surface area contributed by atoms with Crippen molar-refractivity contribution in [3.8, 4) is 0 Å². The number of anilines is 1. The first-order valence-electron chi connectivity index (χ1n) is 9.48. The maximum Gasteiger partial charge on any atom is 0.405 e. The van der Waals surface area contributed by atoms with E-state index in [1.54, 1.807) is 0 Å². The number of carbonyl (C=O) groups is 1. The molecule has 2 aliphatic rings. The Bertz CT molecular complexity index is 1000. The van der Waals surface area contributed by atoms with Crippen LogP contribution in [0, 0.1) is 0 Å². The van der Waals surface area contributed by atoms with Crippen molar-refractivity contribution in [2.45, 2.75) is 31.5 Å². The molecule has 2 fully saturated rings. The maximum atomic E-state index is 15.3. The number of hydrogen-bond donors (Lipinski definition) is 2. The number of nitrogens with zero attached hydrogens (tertiary/aromatic N) is 5. The van der Waals surface area contributed by atoms with Gasteiger partial charge in [-0.2, -0.15) is 0 Å². The van der Waals surface area contributed by atoms with Crippen molar-refractivity contribution in [2.75, 3.05) is 38.6 Å². The standard InChI is InChI=1S/C16H22FN6O7P/c1-9(24)29-13-10(6-28-31(25,26)22-2-4-27-5-3-22)30-16(11(13)17)23-8-21-12-14(18)19-7-20-15(12)23/h7-8,10-11,13,16H,2-6H2,1H3,(H,25,26)(H2,18,19,20). The van der Waals surface area contributed by atoms with Gasteiger partial charge in [0.25, 0.3) is 0 Å². The van der Waals surface area contributed by atoms with Crippen LogP contribution in [-0.2, 0) is 28.1 Å². The van der Waals surface area contributed by atoms with Crippen molar-refractivity contribution in [2.24, 2.45) is 0 Å². The van der Waals surface area contributed by atoms with E-state index in [9.17, 15) is 14.3 Å². The molecule has 0 aliphatic carbocycles. The zero-order valence-electron chi connectivity index (χ0n) is 16.5. The van der Waals surface area contributed by atoms with Gasteiger partial charge in [-0.25, -0.2) is 28.6 Å². The van der Waals surface area contributed by atoms with Crippen LogP contribution in [0.25, 0.3) is 11.2 Å². The molecule has 0 bridgehead atoms. The number of halogens is 1. The molecule has 170 valence electrons. The van der Waals surface area contributed by atoms with E-state index in [0.717, 1.165) is 6.92 Å². The van der Waals surface area contributed by atoms with E-state index in [4.69, 9.17) is 24.5 Å². The average Bonchev–Trinajstić information content (AvgIpc) is 3.30. The molecule has 4 heterocycles. The molecule has 15 heteroatoms. The third-order valence-corrected chi connectivity index (χ3v) is 6.58. The summed E-state index contributed by atoms with van der Waals surface area (Å²) in [6.07, 6.45) is -3.14. The second kappa shape index (κ2) is 8.73. The number of esters is 1. The fourth-order valence-corrected chi connectivity index (χ4v) is 4.67. The van der Waals surface area contributed by atoms with Crippen LogP contribution in [0.3, 0.4) is 0 Å². The minimum Gasteiger partial charge on any atom is -0.456 e. The normalized spacial score (nSPS) is 29.1. The Labute approximate surface area is 175 Å². The number of ether oxygens (including phenoxy) is 3. The molecular weight excluding hydrogens is 438 g/mol. The molecule has 0 spiro atoms. The molecule has 2 aliphatic heterocycles. The third kappa shape index (κ3) is 4.40. The van der Waals surface area contributed by atoms with Crippen molar-refractivity contribution in [1.82, 2.24) is 24.2 Å². The fourth-order valence-electron chi connectivity index (χ4n) is 3.50. The first kappa shape index (κ1) is 22.0. The van der Waals surface area contributed by atoms with Gasteiger partial charge in [0.05, 0.1) is 26.1 Å². The molecule has 5 atom stereocenters. The number of rotatable bonds is 6. The summed E-state index contributed by atoms with van der Waals surface area (Å²) in [6, 6.07) is 0. The number of carbonyl (C=O) groups excluding carboxylic acids is 1. The Morgan fingerprint density at radius 1 is 1.39 bits per heavy atom. The molecule has 2 aromatic rings.